The molecule has 2 unspecified atom stereocenters. The van der Waals surface area contributed by atoms with Crippen molar-refractivity contribution in [2.75, 3.05) is 11.5 Å². The highest BCUT2D eigenvalue weighted by molar-refractivity contribution is 8.04. The number of rotatable bonds is 3. The highest BCUT2D eigenvalue weighted by Gasteiger charge is 2.63. The lowest BCUT2D eigenvalue weighted by atomic mass is 9.92. The fraction of sp³-hybridized carbons (Fsp3) is 0.538. The summed E-state index contributed by atoms with van der Waals surface area (Å²) < 4.78 is 39.2. The topological polar surface area (TPSA) is 0 Å². The summed E-state index contributed by atoms with van der Waals surface area (Å²) in [7, 11) is 0. The highest BCUT2D eigenvalue weighted by Crippen LogP contribution is 2.60. The van der Waals surface area contributed by atoms with E-state index < -0.39 is 10.9 Å². The quantitative estimate of drug-likeness (QED) is 0.792. The second-order valence-corrected chi connectivity index (χ2v) is 7.00. The summed E-state index contributed by atoms with van der Waals surface area (Å²) in [5.74, 6) is 1.29. The lowest BCUT2D eigenvalue weighted by Gasteiger charge is -2.36. The van der Waals surface area contributed by atoms with Crippen molar-refractivity contribution in [2.24, 2.45) is 0 Å². The monoisotopic (exact) mass is 292 g/mol. The summed E-state index contributed by atoms with van der Waals surface area (Å²) in [5.41, 5.74) is 0.394. The second-order valence-electron chi connectivity index (χ2n) is 4.18. The third-order valence-corrected chi connectivity index (χ3v) is 6.28. The predicted molar refractivity (Wildman–Crippen MR) is 73.2 cm³/mol. The molecule has 1 fully saturated rings. The largest absolute Gasteiger partial charge is 0.408 e. The maximum Gasteiger partial charge on any atom is 0.408 e. The minimum atomic E-state index is -4.21. The van der Waals surface area contributed by atoms with Gasteiger partial charge in [0.1, 0.15) is 4.75 Å². The van der Waals surface area contributed by atoms with Crippen molar-refractivity contribution < 1.29 is 13.2 Å². The molecule has 0 aromatic heterocycles. The van der Waals surface area contributed by atoms with Gasteiger partial charge in [-0.2, -0.15) is 24.9 Å². The summed E-state index contributed by atoms with van der Waals surface area (Å²) in [6.45, 7) is 1.92. The van der Waals surface area contributed by atoms with Crippen LogP contribution < -0.4 is 0 Å². The molecule has 2 rings (SSSR count). The second kappa shape index (κ2) is 5.37. The lowest BCUT2D eigenvalue weighted by Crippen LogP contribution is -2.44. The smallest absolute Gasteiger partial charge is 0.169 e. The summed E-state index contributed by atoms with van der Waals surface area (Å²) in [6.07, 6.45) is -3.58. The number of hydrogen-bond acceptors (Lipinski definition) is 2. The zero-order valence-electron chi connectivity index (χ0n) is 10.0. The van der Waals surface area contributed by atoms with Crippen molar-refractivity contribution in [2.45, 2.75) is 29.5 Å². The Hall–Kier alpha value is -0.290. The average molecular weight is 292 g/mol. The molecule has 0 amide bonds. The molecule has 1 aliphatic rings. The van der Waals surface area contributed by atoms with Gasteiger partial charge in [0.05, 0.1) is 0 Å². The summed E-state index contributed by atoms with van der Waals surface area (Å²) >= 11 is 2.48. The number of thioether (sulfide) groups is 2. The van der Waals surface area contributed by atoms with Crippen LogP contribution in [0.2, 0.25) is 0 Å². The summed E-state index contributed by atoms with van der Waals surface area (Å²) in [4.78, 5) is 0. The minimum absolute atomic E-state index is 0.380. The molecular weight excluding hydrogens is 277 g/mol. The molecular formula is C13H15F3S2. The zero-order valence-corrected chi connectivity index (χ0v) is 11.7. The molecule has 0 spiro atoms. The number of hydrogen-bond donors (Lipinski definition) is 0. The number of benzene rings is 1. The first-order valence-corrected chi connectivity index (χ1v) is 7.93. The average Bonchev–Trinajstić information content (AvgIpc) is 2.75. The normalized spacial score (nSPS) is 28.6. The Morgan fingerprint density at radius 3 is 2.56 bits per heavy atom. The van der Waals surface area contributed by atoms with E-state index in [1.54, 1.807) is 30.3 Å². The highest BCUT2D eigenvalue weighted by atomic mass is 32.2. The Kier molecular flexibility index (Phi) is 4.22. The van der Waals surface area contributed by atoms with Gasteiger partial charge in [0.15, 0.2) is 0 Å². The lowest BCUT2D eigenvalue weighted by molar-refractivity contribution is -0.160. The van der Waals surface area contributed by atoms with Gasteiger partial charge in [-0.3, -0.25) is 0 Å². The van der Waals surface area contributed by atoms with Gasteiger partial charge in [0.2, 0.25) is 0 Å². The molecule has 0 aliphatic carbocycles. The van der Waals surface area contributed by atoms with E-state index in [2.05, 4.69) is 0 Å². The van der Waals surface area contributed by atoms with Crippen LogP contribution in [0.15, 0.2) is 30.3 Å². The van der Waals surface area contributed by atoms with E-state index in [1.807, 2.05) is 6.92 Å². The van der Waals surface area contributed by atoms with Crippen molar-refractivity contribution in [3.63, 3.8) is 0 Å². The molecule has 100 valence electrons. The molecule has 5 heteroatoms. The van der Waals surface area contributed by atoms with E-state index in [1.165, 1.54) is 11.8 Å². The van der Waals surface area contributed by atoms with Gasteiger partial charge < -0.3 is 0 Å². The van der Waals surface area contributed by atoms with Crippen molar-refractivity contribution >= 4 is 23.5 Å². The first kappa shape index (κ1) is 14.1. The van der Waals surface area contributed by atoms with Gasteiger partial charge in [0, 0.05) is 5.25 Å². The van der Waals surface area contributed by atoms with E-state index in [0.29, 0.717) is 17.7 Å². The Morgan fingerprint density at radius 2 is 2.00 bits per heavy atom. The molecule has 1 aromatic carbocycles. The van der Waals surface area contributed by atoms with E-state index in [4.69, 9.17) is 0 Å². The third kappa shape index (κ3) is 2.27. The fourth-order valence-corrected chi connectivity index (χ4v) is 5.60. The Bertz CT molecular complexity index is 391. The van der Waals surface area contributed by atoms with Crippen LogP contribution in [0.5, 0.6) is 0 Å². The van der Waals surface area contributed by atoms with Crippen LogP contribution in [0, 0.1) is 0 Å². The van der Waals surface area contributed by atoms with Crippen LogP contribution in [-0.4, -0.2) is 22.9 Å². The maximum atomic E-state index is 13.6. The Balaban J connectivity index is 2.48. The molecule has 1 heterocycles. The Morgan fingerprint density at radius 1 is 1.33 bits per heavy atom. The van der Waals surface area contributed by atoms with Crippen LogP contribution >= 0.6 is 23.5 Å². The summed E-state index contributed by atoms with van der Waals surface area (Å²) in [6, 6.07) is 8.35. The maximum absolute atomic E-state index is 13.6. The molecule has 0 radical (unpaired) electrons. The molecule has 2 atom stereocenters. The number of alkyl halides is 3. The van der Waals surface area contributed by atoms with E-state index in [-0.39, 0.29) is 5.25 Å². The van der Waals surface area contributed by atoms with Crippen LogP contribution in [-0.2, 0) is 4.75 Å². The first-order valence-electron chi connectivity index (χ1n) is 5.90. The van der Waals surface area contributed by atoms with E-state index >= 15 is 0 Å². The van der Waals surface area contributed by atoms with Gasteiger partial charge >= 0.3 is 6.18 Å². The fourth-order valence-electron chi connectivity index (χ4n) is 2.41. The Labute approximate surface area is 114 Å². The molecule has 1 aliphatic heterocycles. The molecule has 18 heavy (non-hydrogen) atoms. The van der Waals surface area contributed by atoms with E-state index in [9.17, 15) is 13.2 Å². The SMILES string of the molecule is CCSC1CCSC1(c1ccccc1)C(F)(F)F. The van der Waals surface area contributed by atoms with Crippen LogP contribution in [0.3, 0.4) is 0 Å². The van der Waals surface area contributed by atoms with Gasteiger partial charge in [-0.25, -0.2) is 0 Å². The van der Waals surface area contributed by atoms with Crippen LogP contribution in [0.25, 0.3) is 0 Å². The van der Waals surface area contributed by atoms with Gasteiger partial charge in [0.25, 0.3) is 0 Å². The molecule has 0 saturated carbocycles. The first-order chi connectivity index (χ1) is 8.52. The standard InChI is InChI=1S/C13H15F3S2/c1-2-17-11-8-9-18-12(11,13(14,15)16)10-6-4-3-5-7-10/h3-7,11H,2,8-9H2,1H3. The van der Waals surface area contributed by atoms with Gasteiger partial charge in [-0.15, -0.1) is 11.8 Å². The predicted octanol–water partition coefficient (Wildman–Crippen LogP) is 4.70. The van der Waals surface area contributed by atoms with E-state index in [0.717, 1.165) is 17.5 Å². The number of halogens is 3. The van der Waals surface area contributed by atoms with Crippen molar-refractivity contribution in [3.05, 3.63) is 35.9 Å². The zero-order chi connectivity index (χ0) is 13.2. The summed E-state index contributed by atoms with van der Waals surface area (Å²) in [5, 5.41) is -0.380. The third-order valence-electron chi connectivity index (χ3n) is 3.15. The molecule has 0 nitrogen and oxygen atoms in total. The van der Waals surface area contributed by atoms with Crippen molar-refractivity contribution in [3.8, 4) is 0 Å². The molecule has 1 aromatic rings. The van der Waals surface area contributed by atoms with Crippen LogP contribution in [0.1, 0.15) is 18.9 Å². The molecule has 1 saturated heterocycles. The van der Waals surface area contributed by atoms with Gasteiger partial charge in [-0.1, -0.05) is 37.3 Å². The van der Waals surface area contributed by atoms with Crippen molar-refractivity contribution in [1.82, 2.24) is 0 Å². The molecule has 0 N–H and O–H groups in total. The van der Waals surface area contributed by atoms with Gasteiger partial charge in [-0.05, 0) is 23.5 Å². The minimum Gasteiger partial charge on any atom is -0.169 e. The van der Waals surface area contributed by atoms with Crippen molar-refractivity contribution in [1.29, 1.82) is 0 Å². The molecule has 0 bridgehead atoms. The van der Waals surface area contributed by atoms with Crippen LogP contribution in [0.4, 0.5) is 13.2 Å².